The summed E-state index contributed by atoms with van der Waals surface area (Å²) < 4.78 is 0.965. The van der Waals surface area contributed by atoms with Crippen LogP contribution in [0.1, 0.15) is 5.56 Å². The number of benzene rings is 1. The number of rotatable bonds is 2. The van der Waals surface area contributed by atoms with Crippen molar-refractivity contribution < 1.29 is 5.32 Å². The van der Waals surface area contributed by atoms with Gasteiger partial charge in [-0.05, 0) is 11.6 Å². The number of hydrogen-bond donors (Lipinski definition) is 1. The molecule has 2 N–H and O–H groups in total. The van der Waals surface area contributed by atoms with Crippen molar-refractivity contribution in [1.29, 1.82) is 0 Å². The molecular formula is C12H12NS2+. The van der Waals surface area contributed by atoms with Gasteiger partial charge in [0, 0.05) is 4.91 Å². The number of hydrogen-bond acceptors (Lipinski definition) is 2. The van der Waals surface area contributed by atoms with Crippen LogP contribution in [0, 0.1) is 0 Å². The third kappa shape index (κ3) is 2.37. The van der Waals surface area contributed by atoms with Crippen LogP contribution < -0.4 is 5.32 Å². The summed E-state index contributed by atoms with van der Waals surface area (Å²) in [6.45, 7) is 0. The van der Waals surface area contributed by atoms with Gasteiger partial charge in [-0.2, -0.15) is 0 Å². The molecule has 0 atom stereocenters. The van der Waals surface area contributed by atoms with Crippen LogP contribution in [0.15, 0.2) is 48.2 Å². The summed E-state index contributed by atoms with van der Waals surface area (Å²) in [5, 5.41) is 2.02. The van der Waals surface area contributed by atoms with E-state index in [0.717, 1.165) is 9.77 Å². The molecule has 1 heterocycles. The standard InChI is InChI=1S/C12H11NS2/c1-13-8-10-7-11(15-12(10)14)9-5-3-2-4-6-9/h2-8,13H,1H3/p+1. The quantitative estimate of drug-likeness (QED) is 0.624. The van der Waals surface area contributed by atoms with Gasteiger partial charge < -0.3 is 5.32 Å². The van der Waals surface area contributed by atoms with Crippen molar-refractivity contribution in [2.24, 2.45) is 0 Å². The first kappa shape index (κ1) is 10.6. The second kappa shape index (κ2) is 4.75. The van der Waals surface area contributed by atoms with Crippen molar-refractivity contribution in [3.05, 3.63) is 53.7 Å². The fourth-order valence-corrected chi connectivity index (χ4v) is 2.71. The maximum Gasteiger partial charge on any atom is 0.102 e. The van der Waals surface area contributed by atoms with Gasteiger partial charge in [0.05, 0.1) is 16.8 Å². The van der Waals surface area contributed by atoms with Gasteiger partial charge in [-0.25, -0.2) is 0 Å². The summed E-state index contributed by atoms with van der Waals surface area (Å²) in [7, 11) is 2.01. The minimum absolute atomic E-state index is 0.965. The van der Waals surface area contributed by atoms with E-state index >= 15 is 0 Å². The van der Waals surface area contributed by atoms with Crippen molar-refractivity contribution >= 4 is 33.1 Å². The summed E-state index contributed by atoms with van der Waals surface area (Å²) in [6, 6.07) is 10.3. The smallest absolute Gasteiger partial charge is 0.102 e. The predicted octanol–water partition coefficient (Wildman–Crippen LogP) is 2.18. The van der Waals surface area contributed by atoms with Crippen LogP contribution in [0.5, 0.6) is 0 Å². The van der Waals surface area contributed by atoms with Gasteiger partial charge in [0.15, 0.2) is 0 Å². The third-order valence-corrected chi connectivity index (χ3v) is 3.61. The zero-order valence-corrected chi connectivity index (χ0v) is 10.1. The van der Waals surface area contributed by atoms with E-state index in [0.29, 0.717) is 0 Å². The maximum atomic E-state index is 5.31. The van der Waals surface area contributed by atoms with E-state index in [-0.39, 0.29) is 0 Å². The van der Waals surface area contributed by atoms with E-state index < -0.39 is 0 Å². The predicted molar refractivity (Wildman–Crippen MR) is 70.5 cm³/mol. The van der Waals surface area contributed by atoms with Crippen LogP contribution in [0.4, 0.5) is 0 Å². The van der Waals surface area contributed by atoms with Crippen molar-refractivity contribution in [2.45, 2.75) is 0 Å². The Labute approximate surface area is 99.3 Å². The lowest BCUT2D eigenvalue weighted by Gasteiger charge is -1.98. The molecule has 0 amide bonds. The molecule has 0 fully saturated rings. The highest BCUT2D eigenvalue weighted by molar-refractivity contribution is 8.30. The summed E-state index contributed by atoms with van der Waals surface area (Å²) in [5.41, 5.74) is 2.39. The molecule has 0 unspecified atom stereocenters. The number of nitrogens with two attached hydrogens (primary N) is 1. The topological polar surface area (TPSA) is 16.6 Å². The highest BCUT2D eigenvalue weighted by atomic mass is 32.2. The van der Waals surface area contributed by atoms with Gasteiger partial charge in [-0.3, -0.25) is 0 Å². The van der Waals surface area contributed by atoms with Crippen LogP contribution >= 0.6 is 24.0 Å². The Morgan fingerprint density at radius 3 is 2.67 bits per heavy atom. The van der Waals surface area contributed by atoms with Crippen LogP contribution in [-0.4, -0.2) is 11.2 Å². The molecule has 0 saturated carbocycles. The SMILES string of the molecule is C[NH2+]C=C1C=C(c2ccccc2)SC1=S. The largest absolute Gasteiger partial charge is 0.322 e. The first-order chi connectivity index (χ1) is 7.31. The van der Waals surface area contributed by atoms with E-state index in [1.165, 1.54) is 10.5 Å². The molecule has 1 aliphatic rings. The lowest BCUT2D eigenvalue weighted by Crippen LogP contribution is -2.73. The van der Waals surface area contributed by atoms with Gasteiger partial charge >= 0.3 is 0 Å². The average molecular weight is 234 g/mol. The molecule has 15 heavy (non-hydrogen) atoms. The van der Waals surface area contributed by atoms with Gasteiger partial charge in [0.1, 0.15) is 6.20 Å². The minimum atomic E-state index is 0.965. The van der Waals surface area contributed by atoms with Crippen LogP contribution in [0.25, 0.3) is 4.91 Å². The van der Waals surface area contributed by atoms with Crippen molar-refractivity contribution in [2.75, 3.05) is 7.05 Å². The first-order valence-electron chi connectivity index (χ1n) is 4.80. The zero-order valence-electron chi connectivity index (χ0n) is 8.44. The molecule has 0 bridgehead atoms. The second-order valence-electron chi connectivity index (χ2n) is 3.22. The highest BCUT2D eigenvalue weighted by Gasteiger charge is 2.17. The van der Waals surface area contributed by atoms with E-state index in [1.54, 1.807) is 11.8 Å². The molecular weight excluding hydrogens is 222 g/mol. The molecule has 0 radical (unpaired) electrons. The number of allylic oxidation sites excluding steroid dienone is 1. The fraction of sp³-hybridized carbons (Fsp3) is 0.0833. The Kier molecular flexibility index (Phi) is 3.36. The minimum Gasteiger partial charge on any atom is -0.322 e. The zero-order chi connectivity index (χ0) is 10.7. The Morgan fingerprint density at radius 1 is 1.27 bits per heavy atom. The first-order valence-corrected chi connectivity index (χ1v) is 6.02. The average Bonchev–Trinajstić information content (AvgIpc) is 2.63. The Bertz CT molecular complexity index is 432. The van der Waals surface area contributed by atoms with E-state index in [1.807, 2.05) is 30.6 Å². The Morgan fingerprint density at radius 2 is 2.00 bits per heavy atom. The summed E-state index contributed by atoms with van der Waals surface area (Å²) >= 11 is 6.98. The fourth-order valence-electron chi connectivity index (χ4n) is 1.43. The number of thiocarbonyl (C=S) groups is 1. The number of thioether (sulfide) groups is 1. The van der Waals surface area contributed by atoms with E-state index in [2.05, 4.69) is 24.4 Å². The summed E-state index contributed by atoms with van der Waals surface area (Å²) in [6.07, 6.45) is 4.22. The maximum absolute atomic E-state index is 5.31. The molecule has 0 spiro atoms. The molecule has 0 aromatic heterocycles. The number of quaternary nitrogens is 1. The Balaban J connectivity index is 2.31. The third-order valence-electron chi connectivity index (χ3n) is 2.13. The monoisotopic (exact) mass is 234 g/mol. The molecule has 2 rings (SSSR count). The molecule has 3 heteroatoms. The van der Waals surface area contributed by atoms with Crippen LogP contribution in [-0.2, 0) is 0 Å². The van der Waals surface area contributed by atoms with Gasteiger partial charge in [-0.15, -0.1) is 0 Å². The van der Waals surface area contributed by atoms with E-state index in [9.17, 15) is 0 Å². The van der Waals surface area contributed by atoms with E-state index in [4.69, 9.17) is 12.2 Å². The lowest BCUT2D eigenvalue weighted by atomic mass is 10.2. The molecule has 0 aliphatic carbocycles. The van der Waals surface area contributed by atoms with Gasteiger partial charge in [0.2, 0.25) is 0 Å². The lowest BCUT2D eigenvalue weighted by molar-refractivity contribution is -0.556. The van der Waals surface area contributed by atoms with Crippen LogP contribution in [0.2, 0.25) is 0 Å². The highest BCUT2D eigenvalue weighted by Crippen LogP contribution is 2.38. The van der Waals surface area contributed by atoms with Crippen molar-refractivity contribution in [3.8, 4) is 0 Å². The van der Waals surface area contributed by atoms with Crippen LogP contribution in [0.3, 0.4) is 0 Å². The molecule has 0 saturated heterocycles. The summed E-state index contributed by atoms with van der Waals surface area (Å²) in [4.78, 5) is 1.24. The Hall–Kier alpha value is -0.900. The molecule has 1 nitrogen and oxygen atoms in total. The molecule has 1 aliphatic heterocycles. The van der Waals surface area contributed by atoms with Gasteiger partial charge in [-0.1, -0.05) is 54.3 Å². The molecule has 1 aromatic rings. The summed E-state index contributed by atoms with van der Waals surface area (Å²) in [5.74, 6) is 0. The van der Waals surface area contributed by atoms with Crippen molar-refractivity contribution in [3.63, 3.8) is 0 Å². The second-order valence-corrected chi connectivity index (χ2v) is 4.94. The normalized spacial score (nSPS) is 18.3. The molecule has 1 aromatic carbocycles. The van der Waals surface area contributed by atoms with Crippen molar-refractivity contribution in [1.82, 2.24) is 0 Å². The molecule has 76 valence electrons. The van der Waals surface area contributed by atoms with Gasteiger partial charge in [0.25, 0.3) is 0 Å².